The van der Waals surface area contributed by atoms with Gasteiger partial charge in [0.2, 0.25) is 17.6 Å². The smallest absolute Gasteiger partial charge is 0.227 e. The second kappa shape index (κ2) is 8.91. The fourth-order valence-electron chi connectivity index (χ4n) is 2.77. The summed E-state index contributed by atoms with van der Waals surface area (Å²) in [6.45, 7) is 4.46. The zero-order chi connectivity index (χ0) is 19.9. The van der Waals surface area contributed by atoms with Gasteiger partial charge < -0.3 is 9.42 Å². The molecule has 0 saturated heterocycles. The normalized spacial score (nSPS) is 10.6. The molecule has 142 valence electrons. The molecule has 0 bridgehead atoms. The molecule has 0 aliphatic rings. The lowest BCUT2D eigenvalue weighted by Crippen LogP contribution is -2.36. The molecule has 0 unspecified atom stereocenters. The van der Waals surface area contributed by atoms with E-state index in [0.29, 0.717) is 30.2 Å². The van der Waals surface area contributed by atoms with Gasteiger partial charge in [-0.25, -0.2) is 0 Å². The van der Waals surface area contributed by atoms with Gasteiger partial charge >= 0.3 is 0 Å². The Morgan fingerprint density at radius 3 is 2.54 bits per heavy atom. The maximum absolute atomic E-state index is 12.7. The molecule has 0 fully saturated rings. The molecule has 7 nitrogen and oxygen atoms in total. The molecule has 0 aliphatic carbocycles. The van der Waals surface area contributed by atoms with Gasteiger partial charge in [0, 0.05) is 43.4 Å². The van der Waals surface area contributed by atoms with Gasteiger partial charge in [0.15, 0.2) is 0 Å². The quantitative estimate of drug-likeness (QED) is 0.628. The molecular weight excluding hydrogens is 354 g/mol. The molecule has 1 amide bonds. The van der Waals surface area contributed by atoms with Gasteiger partial charge in [-0.1, -0.05) is 17.3 Å². The molecule has 0 saturated carbocycles. The van der Waals surface area contributed by atoms with Crippen LogP contribution >= 0.6 is 0 Å². The van der Waals surface area contributed by atoms with Crippen molar-refractivity contribution in [2.45, 2.75) is 39.3 Å². The summed E-state index contributed by atoms with van der Waals surface area (Å²) in [5.41, 5.74) is 2.41. The molecule has 28 heavy (non-hydrogen) atoms. The van der Waals surface area contributed by atoms with Crippen LogP contribution in [0.3, 0.4) is 0 Å². The Morgan fingerprint density at radius 1 is 1.18 bits per heavy atom. The molecule has 2 heterocycles. The van der Waals surface area contributed by atoms with Gasteiger partial charge in [0.25, 0.3) is 0 Å². The van der Waals surface area contributed by atoms with E-state index in [2.05, 4.69) is 21.2 Å². The van der Waals surface area contributed by atoms with Gasteiger partial charge in [-0.2, -0.15) is 10.2 Å². The minimum atomic E-state index is 0.0167. The zero-order valence-electron chi connectivity index (χ0n) is 15.9. The number of pyridine rings is 1. The highest BCUT2D eigenvalue weighted by atomic mass is 16.5. The molecule has 0 spiro atoms. The highest BCUT2D eigenvalue weighted by Crippen LogP contribution is 2.16. The molecule has 7 heteroatoms. The van der Waals surface area contributed by atoms with Crippen LogP contribution in [0.1, 0.15) is 37.3 Å². The first-order chi connectivity index (χ1) is 13.6. The second-order valence-electron chi connectivity index (χ2n) is 6.67. The van der Waals surface area contributed by atoms with Crippen LogP contribution in [0.15, 0.2) is 53.3 Å². The molecule has 2 aromatic heterocycles. The van der Waals surface area contributed by atoms with Crippen molar-refractivity contribution in [2.24, 2.45) is 0 Å². The molecule has 3 aromatic rings. The number of hydrogen-bond acceptors (Lipinski definition) is 6. The number of aryl methyl sites for hydroxylation is 1. The van der Waals surface area contributed by atoms with Gasteiger partial charge in [0.05, 0.1) is 11.6 Å². The Morgan fingerprint density at radius 2 is 1.89 bits per heavy atom. The Bertz CT molecular complexity index is 958. The largest absolute Gasteiger partial charge is 0.339 e. The number of carbonyl (C=O) groups excluding carboxylic acids is 1. The van der Waals surface area contributed by atoms with E-state index in [1.54, 1.807) is 36.7 Å². The summed E-state index contributed by atoms with van der Waals surface area (Å²) < 4.78 is 5.27. The first kappa shape index (κ1) is 19.2. The van der Waals surface area contributed by atoms with Crippen molar-refractivity contribution < 1.29 is 9.32 Å². The molecule has 0 atom stereocenters. The third-order valence-corrected chi connectivity index (χ3v) is 4.34. The Balaban J connectivity index is 1.61. The standard InChI is InChI=1S/C21H21N5O2/c1-15(2)26(14-17-5-3-16(13-22)4-6-17)20(27)8-7-19-24-21(25-28-19)18-9-11-23-12-10-18/h3-6,9-12,15H,7-8,14H2,1-2H3. The van der Waals surface area contributed by atoms with Gasteiger partial charge in [-0.3, -0.25) is 9.78 Å². The molecule has 0 radical (unpaired) electrons. The minimum absolute atomic E-state index is 0.0167. The van der Waals surface area contributed by atoms with Crippen molar-refractivity contribution >= 4 is 5.91 Å². The summed E-state index contributed by atoms with van der Waals surface area (Å²) in [4.78, 5) is 22.9. The maximum atomic E-state index is 12.7. The highest BCUT2D eigenvalue weighted by molar-refractivity contribution is 5.76. The highest BCUT2D eigenvalue weighted by Gasteiger charge is 2.19. The number of rotatable bonds is 7. The molecule has 3 rings (SSSR count). The average Bonchev–Trinajstić information content (AvgIpc) is 3.20. The fourth-order valence-corrected chi connectivity index (χ4v) is 2.77. The predicted octanol–water partition coefficient (Wildman–Crippen LogP) is 3.37. The molecular formula is C21H21N5O2. The van der Waals surface area contributed by atoms with E-state index in [4.69, 9.17) is 9.78 Å². The Labute approximate surface area is 163 Å². The lowest BCUT2D eigenvalue weighted by molar-refractivity contribution is -0.133. The first-order valence-corrected chi connectivity index (χ1v) is 9.08. The average molecular weight is 375 g/mol. The van der Waals surface area contributed by atoms with Crippen LogP contribution in [0.2, 0.25) is 0 Å². The Kier molecular flexibility index (Phi) is 6.12. The van der Waals surface area contributed by atoms with Crippen molar-refractivity contribution in [3.05, 3.63) is 65.8 Å². The minimum Gasteiger partial charge on any atom is -0.339 e. The van der Waals surface area contributed by atoms with E-state index in [1.807, 2.05) is 30.9 Å². The number of hydrogen-bond donors (Lipinski definition) is 0. The van der Waals surface area contributed by atoms with E-state index in [1.165, 1.54) is 0 Å². The van der Waals surface area contributed by atoms with E-state index >= 15 is 0 Å². The van der Waals surface area contributed by atoms with Crippen LogP contribution in [-0.2, 0) is 17.8 Å². The van der Waals surface area contributed by atoms with Gasteiger partial charge in [-0.05, 0) is 43.7 Å². The van der Waals surface area contributed by atoms with Crippen molar-refractivity contribution in [3.8, 4) is 17.5 Å². The maximum Gasteiger partial charge on any atom is 0.227 e. The van der Waals surface area contributed by atoms with E-state index in [9.17, 15) is 4.79 Å². The van der Waals surface area contributed by atoms with E-state index in [-0.39, 0.29) is 18.4 Å². The predicted molar refractivity (Wildman–Crippen MR) is 103 cm³/mol. The van der Waals surface area contributed by atoms with Crippen molar-refractivity contribution in [2.75, 3.05) is 0 Å². The van der Waals surface area contributed by atoms with Crippen molar-refractivity contribution in [1.82, 2.24) is 20.0 Å². The summed E-state index contributed by atoms with van der Waals surface area (Å²) in [7, 11) is 0. The first-order valence-electron chi connectivity index (χ1n) is 9.08. The van der Waals surface area contributed by atoms with Crippen molar-refractivity contribution in [1.29, 1.82) is 5.26 Å². The zero-order valence-corrected chi connectivity index (χ0v) is 15.9. The summed E-state index contributed by atoms with van der Waals surface area (Å²) in [5.74, 6) is 0.938. The van der Waals surface area contributed by atoms with Gasteiger partial charge in [0.1, 0.15) is 0 Å². The third-order valence-electron chi connectivity index (χ3n) is 4.34. The molecule has 0 aliphatic heterocycles. The summed E-state index contributed by atoms with van der Waals surface area (Å²) in [6, 6.07) is 13.0. The Hall–Kier alpha value is -3.53. The van der Waals surface area contributed by atoms with Crippen LogP contribution < -0.4 is 0 Å². The lowest BCUT2D eigenvalue weighted by Gasteiger charge is -2.27. The number of carbonyl (C=O) groups is 1. The topological polar surface area (TPSA) is 95.9 Å². The fraction of sp³-hybridized carbons (Fsp3) is 0.286. The number of aromatic nitrogens is 3. The van der Waals surface area contributed by atoms with Crippen LogP contribution in [-0.4, -0.2) is 32.0 Å². The van der Waals surface area contributed by atoms with Crippen molar-refractivity contribution in [3.63, 3.8) is 0 Å². The summed E-state index contributed by atoms with van der Waals surface area (Å²) in [6.07, 6.45) is 4.00. The number of nitrogens with zero attached hydrogens (tertiary/aromatic N) is 5. The number of amides is 1. The second-order valence-corrected chi connectivity index (χ2v) is 6.67. The van der Waals surface area contributed by atoms with Crippen LogP contribution in [0.5, 0.6) is 0 Å². The van der Waals surface area contributed by atoms with Gasteiger partial charge in [-0.15, -0.1) is 0 Å². The van der Waals surface area contributed by atoms with E-state index in [0.717, 1.165) is 11.1 Å². The van der Waals surface area contributed by atoms with E-state index < -0.39 is 0 Å². The third kappa shape index (κ3) is 4.80. The molecule has 1 aromatic carbocycles. The van der Waals surface area contributed by atoms with Crippen LogP contribution in [0.25, 0.3) is 11.4 Å². The summed E-state index contributed by atoms with van der Waals surface area (Å²) in [5, 5.41) is 12.9. The summed E-state index contributed by atoms with van der Waals surface area (Å²) >= 11 is 0. The number of nitriles is 1. The SMILES string of the molecule is CC(C)N(Cc1ccc(C#N)cc1)C(=O)CCc1nc(-c2ccncc2)no1. The lowest BCUT2D eigenvalue weighted by atomic mass is 10.1. The monoisotopic (exact) mass is 375 g/mol. The molecule has 0 N–H and O–H groups in total. The number of benzene rings is 1. The van der Waals surface area contributed by atoms with Crippen LogP contribution in [0, 0.1) is 11.3 Å². The van der Waals surface area contributed by atoms with Crippen LogP contribution in [0.4, 0.5) is 0 Å².